The van der Waals surface area contributed by atoms with Crippen LogP contribution in [0.25, 0.3) is 0 Å². The molecule has 1 saturated carbocycles. The molecular formula is C32H45F3N6O2. The second-order valence-electron chi connectivity index (χ2n) is 12.2. The van der Waals surface area contributed by atoms with Crippen LogP contribution in [0.5, 0.6) is 0 Å². The zero-order valence-electron chi connectivity index (χ0n) is 25.4. The SMILES string of the molecule is CCCCN(CC)CCNC(=O)N1CCC(n2ncc(C(=O)N3CC[C@@H](c4ccccc4C(F)(F)F)C3)c2C2CC2)CC1. The van der Waals surface area contributed by atoms with Crippen LogP contribution in [0.2, 0.25) is 0 Å². The van der Waals surface area contributed by atoms with Gasteiger partial charge in [-0.1, -0.05) is 38.5 Å². The lowest BCUT2D eigenvalue weighted by atomic mass is 9.93. The molecule has 5 rings (SSSR count). The number of amides is 3. The predicted molar refractivity (Wildman–Crippen MR) is 159 cm³/mol. The number of carbonyl (C=O) groups excluding carboxylic acids is 2. The summed E-state index contributed by atoms with van der Waals surface area (Å²) in [4.78, 5) is 32.4. The number of alkyl halides is 3. The van der Waals surface area contributed by atoms with Gasteiger partial charge >= 0.3 is 12.2 Å². The molecule has 2 saturated heterocycles. The number of rotatable bonds is 11. The first kappa shape index (κ1) is 31.3. The Bertz CT molecular complexity index is 1250. The summed E-state index contributed by atoms with van der Waals surface area (Å²) in [7, 11) is 0. The molecule has 0 unspecified atom stereocenters. The molecule has 0 bridgehead atoms. The topological polar surface area (TPSA) is 73.7 Å². The third kappa shape index (κ3) is 7.36. The molecule has 8 nitrogen and oxygen atoms in total. The Morgan fingerprint density at radius 3 is 2.37 bits per heavy atom. The van der Waals surface area contributed by atoms with Crippen molar-refractivity contribution in [3.05, 3.63) is 52.8 Å². The molecule has 11 heteroatoms. The summed E-state index contributed by atoms with van der Waals surface area (Å²) in [5.41, 5.74) is 1.18. The third-order valence-corrected chi connectivity index (χ3v) is 9.29. The van der Waals surface area contributed by atoms with Crippen molar-refractivity contribution in [2.75, 3.05) is 52.4 Å². The van der Waals surface area contributed by atoms with E-state index >= 15 is 0 Å². The summed E-state index contributed by atoms with van der Waals surface area (Å²) in [6.45, 7) is 9.78. The first-order chi connectivity index (χ1) is 20.7. The largest absolute Gasteiger partial charge is 0.416 e. The highest BCUT2D eigenvalue weighted by Crippen LogP contribution is 2.44. The standard InChI is InChI=1S/C32H45F3N6O2/c1-3-5-16-38(4-2)20-15-36-31(43)39-18-13-25(14-19-39)41-29(23-10-11-23)27(21-37-41)30(42)40-17-12-24(22-40)26-8-6-7-9-28(26)32(33,34)35/h6-9,21,23-25H,3-5,10-20,22H2,1-2H3,(H,36,43)/t24-/m1/s1. The number of nitrogens with one attached hydrogen (secondary N) is 1. The van der Waals surface area contributed by atoms with Gasteiger partial charge in [-0.05, 0) is 63.2 Å². The maximum absolute atomic E-state index is 13.7. The average molecular weight is 603 g/mol. The van der Waals surface area contributed by atoms with Gasteiger partial charge in [-0.2, -0.15) is 18.3 Å². The van der Waals surface area contributed by atoms with Crippen LogP contribution in [0.3, 0.4) is 0 Å². The highest BCUT2D eigenvalue weighted by molar-refractivity contribution is 5.95. The molecule has 0 spiro atoms. The number of hydrogen-bond acceptors (Lipinski definition) is 4. The number of carbonyl (C=O) groups is 2. The van der Waals surface area contributed by atoms with Crippen LogP contribution in [-0.2, 0) is 6.18 Å². The molecule has 2 aliphatic heterocycles. The van der Waals surface area contributed by atoms with E-state index in [4.69, 9.17) is 0 Å². The summed E-state index contributed by atoms with van der Waals surface area (Å²) in [5, 5.41) is 7.76. The quantitative estimate of drug-likeness (QED) is 0.349. The smallest absolute Gasteiger partial charge is 0.338 e. The molecule has 2 aromatic rings. The van der Waals surface area contributed by atoms with Crippen molar-refractivity contribution in [3.8, 4) is 0 Å². The highest BCUT2D eigenvalue weighted by Gasteiger charge is 2.40. The molecule has 1 aromatic carbocycles. The van der Waals surface area contributed by atoms with Crippen molar-refractivity contribution in [1.29, 1.82) is 0 Å². The van der Waals surface area contributed by atoms with Crippen LogP contribution in [-0.4, -0.2) is 88.8 Å². The van der Waals surface area contributed by atoms with Gasteiger partial charge in [0.15, 0.2) is 0 Å². The summed E-state index contributed by atoms with van der Waals surface area (Å²) in [6.07, 6.45) is 3.59. The summed E-state index contributed by atoms with van der Waals surface area (Å²) >= 11 is 0. The summed E-state index contributed by atoms with van der Waals surface area (Å²) in [6, 6.07) is 5.78. The number of benzene rings is 1. The number of aromatic nitrogens is 2. The van der Waals surface area contributed by atoms with Crippen LogP contribution in [0.15, 0.2) is 30.5 Å². The van der Waals surface area contributed by atoms with E-state index in [0.29, 0.717) is 38.2 Å². The average Bonchev–Trinajstić information content (AvgIpc) is 3.55. The fourth-order valence-electron chi connectivity index (χ4n) is 6.63. The lowest BCUT2D eigenvalue weighted by Gasteiger charge is -2.33. The van der Waals surface area contributed by atoms with Gasteiger partial charge in [0.1, 0.15) is 0 Å². The van der Waals surface area contributed by atoms with Crippen molar-refractivity contribution in [1.82, 2.24) is 29.8 Å². The van der Waals surface area contributed by atoms with Crippen molar-refractivity contribution < 1.29 is 22.8 Å². The number of piperidine rings is 1. The van der Waals surface area contributed by atoms with Crippen LogP contribution in [0.1, 0.15) is 104 Å². The number of halogens is 3. The van der Waals surface area contributed by atoms with E-state index in [1.807, 2.05) is 9.58 Å². The second kappa shape index (κ2) is 13.7. The number of unbranched alkanes of at least 4 members (excludes halogenated alkanes) is 1. The summed E-state index contributed by atoms with van der Waals surface area (Å²) < 4.78 is 42.9. The Kier molecular flexibility index (Phi) is 9.99. The molecule has 43 heavy (non-hydrogen) atoms. The van der Waals surface area contributed by atoms with Crippen molar-refractivity contribution in [2.24, 2.45) is 0 Å². The van der Waals surface area contributed by atoms with Gasteiger partial charge in [0.2, 0.25) is 0 Å². The number of nitrogens with zero attached hydrogens (tertiary/aromatic N) is 5. The van der Waals surface area contributed by atoms with Gasteiger partial charge in [0, 0.05) is 51.1 Å². The Hall–Kier alpha value is -3.08. The van der Waals surface area contributed by atoms with Gasteiger partial charge in [0.25, 0.3) is 5.91 Å². The Morgan fingerprint density at radius 2 is 1.70 bits per heavy atom. The van der Waals surface area contributed by atoms with E-state index in [1.165, 1.54) is 12.1 Å². The zero-order valence-corrected chi connectivity index (χ0v) is 25.4. The maximum atomic E-state index is 13.7. The molecule has 3 heterocycles. The van der Waals surface area contributed by atoms with Gasteiger partial charge in [0.05, 0.1) is 29.1 Å². The number of likely N-dealkylation sites (N-methyl/N-ethyl adjacent to an activating group) is 1. The molecule has 3 aliphatic rings. The van der Waals surface area contributed by atoms with Gasteiger partial charge in [-0.25, -0.2) is 4.79 Å². The van der Waals surface area contributed by atoms with Gasteiger partial charge in [-0.3, -0.25) is 9.48 Å². The molecule has 1 aromatic heterocycles. The predicted octanol–water partition coefficient (Wildman–Crippen LogP) is 5.88. The van der Waals surface area contributed by atoms with E-state index < -0.39 is 11.7 Å². The lowest BCUT2D eigenvalue weighted by Crippen LogP contribution is -2.46. The van der Waals surface area contributed by atoms with E-state index in [9.17, 15) is 22.8 Å². The molecule has 1 aliphatic carbocycles. The third-order valence-electron chi connectivity index (χ3n) is 9.29. The van der Waals surface area contributed by atoms with Crippen molar-refractivity contribution in [2.45, 2.75) is 82.8 Å². The minimum absolute atomic E-state index is 0.0283. The minimum atomic E-state index is -4.42. The van der Waals surface area contributed by atoms with Crippen LogP contribution >= 0.6 is 0 Å². The second-order valence-corrected chi connectivity index (χ2v) is 12.2. The van der Waals surface area contributed by atoms with E-state index in [0.717, 1.165) is 69.9 Å². The molecule has 3 fully saturated rings. The van der Waals surface area contributed by atoms with E-state index in [2.05, 4.69) is 29.2 Å². The van der Waals surface area contributed by atoms with E-state index in [-0.39, 0.29) is 41.9 Å². The van der Waals surface area contributed by atoms with Crippen LogP contribution in [0.4, 0.5) is 18.0 Å². The fraction of sp³-hybridized carbons (Fsp3) is 0.656. The minimum Gasteiger partial charge on any atom is -0.338 e. The van der Waals surface area contributed by atoms with Gasteiger partial charge in [-0.15, -0.1) is 0 Å². The highest BCUT2D eigenvalue weighted by atomic mass is 19.4. The monoisotopic (exact) mass is 602 g/mol. The first-order valence-electron chi connectivity index (χ1n) is 16.0. The Labute approximate surface area is 252 Å². The Balaban J connectivity index is 1.18. The van der Waals surface area contributed by atoms with Gasteiger partial charge < -0.3 is 20.0 Å². The molecular weight excluding hydrogens is 557 g/mol. The molecule has 3 amide bonds. The zero-order chi connectivity index (χ0) is 30.6. The van der Waals surface area contributed by atoms with Crippen LogP contribution in [0, 0.1) is 0 Å². The fourth-order valence-corrected chi connectivity index (χ4v) is 6.63. The maximum Gasteiger partial charge on any atom is 0.416 e. The number of likely N-dealkylation sites (tertiary alicyclic amines) is 2. The Morgan fingerprint density at radius 1 is 0.977 bits per heavy atom. The van der Waals surface area contributed by atoms with Crippen molar-refractivity contribution >= 4 is 11.9 Å². The first-order valence-corrected chi connectivity index (χ1v) is 16.0. The molecule has 1 atom stereocenters. The summed E-state index contributed by atoms with van der Waals surface area (Å²) in [5.74, 6) is -0.212. The number of urea groups is 1. The normalized spacial score (nSPS) is 19.8. The molecule has 1 N–H and O–H groups in total. The van der Waals surface area contributed by atoms with E-state index in [1.54, 1.807) is 17.2 Å². The van der Waals surface area contributed by atoms with Crippen molar-refractivity contribution in [3.63, 3.8) is 0 Å². The van der Waals surface area contributed by atoms with Crippen LogP contribution < -0.4 is 5.32 Å². The number of hydrogen-bond donors (Lipinski definition) is 1. The molecule has 0 radical (unpaired) electrons. The molecule has 236 valence electrons. The lowest BCUT2D eigenvalue weighted by molar-refractivity contribution is -0.138.